The third-order valence-corrected chi connectivity index (χ3v) is 4.73. The molecule has 1 aromatic carbocycles. The van der Waals surface area contributed by atoms with Crippen molar-refractivity contribution >= 4 is 23.5 Å². The molecule has 0 bridgehead atoms. The van der Waals surface area contributed by atoms with Crippen LogP contribution in [0.25, 0.3) is 0 Å². The number of benzene rings is 1. The van der Waals surface area contributed by atoms with E-state index in [9.17, 15) is 0 Å². The van der Waals surface area contributed by atoms with Gasteiger partial charge in [-0.1, -0.05) is 6.07 Å². The van der Waals surface area contributed by atoms with Crippen LogP contribution in [0.1, 0.15) is 11.4 Å². The first kappa shape index (κ1) is 13.5. The summed E-state index contributed by atoms with van der Waals surface area (Å²) < 4.78 is 1.98. The average Bonchev–Trinajstić information content (AvgIpc) is 2.70. The molecular weight excluding hydrogens is 264 g/mol. The van der Waals surface area contributed by atoms with Crippen LogP contribution in [0.4, 0.5) is 0 Å². The second-order valence-corrected chi connectivity index (χ2v) is 5.69. The number of aromatic nitrogens is 3. The quantitative estimate of drug-likeness (QED) is 0.872. The fourth-order valence-corrected chi connectivity index (χ4v) is 3.34. The van der Waals surface area contributed by atoms with E-state index in [4.69, 9.17) is 5.73 Å². The maximum absolute atomic E-state index is 5.85. The van der Waals surface area contributed by atoms with Crippen molar-refractivity contribution < 1.29 is 0 Å². The normalized spacial score (nSPS) is 10.9. The second-order valence-electron chi connectivity index (χ2n) is 3.83. The van der Waals surface area contributed by atoms with Crippen molar-refractivity contribution in [3.63, 3.8) is 0 Å². The van der Waals surface area contributed by atoms with E-state index >= 15 is 0 Å². The zero-order valence-corrected chi connectivity index (χ0v) is 12.3. The van der Waals surface area contributed by atoms with E-state index in [1.54, 1.807) is 23.5 Å². The minimum atomic E-state index is 0.538. The Morgan fingerprint density at radius 1 is 1.28 bits per heavy atom. The van der Waals surface area contributed by atoms with Gasteiger partial charge in [0.25, 0.3) is 0 Å². The van der Waals surface area contributed by atoms with Gasteiger partial charge in [0.2, 0.25) is 0 Å². The van der Waals surface area contributed by atoms with Crippen LogP contribution >= 0.6 is 23.5 Å². The van der Waals surface area contributed by atoms with E-state index in [1.165, 1.54) is 10.5 Å². The van der Waals surface area contributed by atoms with Crippen molar-refractivity contribution in [2.45, 2.75) is 28.4 Å². The van der Waals surface area contributed by atoms with Crippen molar-refractivity contribution in [3.8, 4) is 0 Å². The van der Waals surface area contributed by atoms with E-state index in [0.29, 0.717) is 6.54 Å². The number of hydrogen-bond donors (Lipinski definition) is 1. The Bertz CT molecular complexity index is 551. The topological polar surface area (TPSA) is 56.7 Å². The zero-order valence-electron chi connectivity index (χ0n) is 10.7. The monoisotopic (exact) mass is 280 g/mol. The fourth-order valence-electron chi connectivity index (χ4n) is 1.61. The highest BCUT2D eigenvalue weighted by atomic mass is 32.2. The van der Waals surface area contributed by atoms with Crippen molar-refractivity contribution in [2.75, 3.05) is 6.26 Å². The third kappa shape index (κ3) is 2.55. The van der Waals surface area contributed by atoms with Gasteiger partial charge in [0, 0.05) is 23.4 Å². The molecule has 18 heavy (non-hydrogen) atoms. The Hall–Kier alpha value is -0.980. The summed E-state index contributed by atoms with van der Waals surface area (Å²) >= 11 is 3.33. The number of aryl methyl sites for hydroxylation is 1. The lowest BCUT2D eigenvalue weighted by molar-refractivity contribution is 0.765. The largest absolute Gasteiger partial charge is 0.326 e. The molecule has 2 rings (SSSR count). The number of hydrogen-bond acceptors (Lipinski definition) is 5. The van der Waals surface area contributed by atoms with Gasteiger partial charge in [-0.05, 0) is 42.6 Å². The Morgan fingerprint density at radius 3 is 2.56 bits per heavy atom. The van der Waals surface area contributed by atoms with Crippen LogP contribution in [0.5, 0.6) is 0 Å². The zero-order chi connectivity index (χ0) is 13.1. The van der Waals surface area contributed by atoms with Crippen LogP contribution in [-0.4, -0.2) is 21.0 Å². The lowest BCUT2D eigenvalue weighted by Crippen LogP contribution is -2.01. The van der Waals surface area contributed by atoms with Crippen LogP contribution in [0, 0.1) is 6.92 Å². The first-order chi connectivity index (χ1) is 8.67. The Kier molecular flexibility index (Phi) is 4.31. The van der Waals surface area contributed by atoms with E-state index in [2.05, 4.69) is 34.7 Å². The van der Waals surface area contributed by atoms with Gasteiger partial charge in [-0.15, -0.1) is 22.0 Å². The van der Waals surface area contributed by atoms with Gasteiger partial charge in [-0.3, -0.25) is 0 Å². The van der Waals surface area contributed by atoms with E-state index < -0.39 is 0 Å². The fraction of sp³-hybridized carbons (Fsp3) is 0.333. The van der Waals surface area contributed by atoms with Crippen LogP contribution in [0.2, 0.25) is 0 Å². The van der Waals surface area contributed by atoms with E-state index in [-0.39, 0.29) is 0 Å². The number of nitrogens with zero attached hydrogens (tertiary/aromatic N) is 3. The molecule has 0 spiro atoms. The van der Waals surface area contributed by atoms with Gasteiger partial charge in [-0.25, -0.2) is 0 Å². The van der Waals surface area contributed by atoms with Gasteiger partial charge in [0.05, 0.1) is 0 Å². The number of thioether (sulfide) groups is 1. The summed E-state index contributed by atoms with van der Waals surface area (Å²) in [6.45, 7) is 2.48. The van der Waals surface area contributed by atoms with Gasteiger partial charge < -0.3 is 10.3 Å². The Labute approximate surface area is 115 Å². The minimum absolute atomic E-state index is 0.538. The molecule has 0 aliphatic rings. The molecule has 0 aliphatic heterocycles. The summed E-state index contributed by atoms with van der Waals surface area (Å²) in [6.07, 6.45) is 2.06. The van der Waals surface area contributed by atoms with Crippen molar-refractivity contribution in [1.82, 2.24) is 14.8 Å². The minimum Gasteiger partial charge on any atom is -0.326 e. The molecule has 0 unspecified atom stereocenters. The van der Waals surface area contributed by atoms with Gasteiger partial charge >= 0.3 is 0 Å². The van der Waals surface area contributed by atoms with Crippen LogP contribution in [0.15, 0.2) is 33.1 Å². The van der Waals surface area contributed by atoms with E-state index in [0.717, 1.165) is 15.9 Å². The van der Waals surface area contributed by atoms with Crippen molar-refractivity contribution in [1.29, 1.82) is 0 Å². The average molecular weight is 280 g/mol. The third-order valence-electron chi connectivity index (χ3n) is 2.77. The predicted molar refractivity (Wildman–Crippen MR) is 76.0 cm³/mol. The molecule has 0 fully saturated rings. The van der Waals surface area contributed by atoms with Gasteiger partial charge in [-0.2, -0.15) is 0 Å². The first-order valence-corrected chi connectivity index (χ1v) is 7.61. The lowest BCUT2D eigenvalue weighted by Gasteiger charge is -2.10. The smallest absolute Gasteiger partial charge is 0.195 e. The van der Waals surface area contributed by atoms with Gasteiger partial charge in [0.1, 0.15) is 5.82 Å². The lowest BCUT2D eigenvalue weighted by atomic mass is 10.2. The highest BCUT2D eigenvalue weighted by molar-refractivity contribution is 7.99. The maximum Gasteiger partial charge on any atom is 0.195 e. The molecule has 0 atom stereocenters. The summed E-state index contributed by atoms with van der Waals surface area (Å²) in [4.78, 5) is 2.38. The SMILES string of the molecule is CSc1cccc(Sc2nnc(C)n2C)c1CN. The Morgan fingerprint density at radius 2 is 2.00 bits per heavy atom. The van der Waals surface area contributed by atoms with Crippen LogP contribution < -0.4 is 5.73 Å². The van der Waals surface area contributed by atoms with Crippen molar-refractivity contribution in [3.05, 3.63) is 29.6 Å². The maximum atomic E-state index is 5.85. The molecule has 1 aromatic heterocycles. The molecule has 96 valence electrons. The first-order valence-electron chi connectivity index (χ1n) is 5.57. The molecular formula is C12H16N4S2. The number of rotatable bonds is 4. The molecule has 0 radical (unpaired) electrons. The molecule has 0 saturated carbocycles. The molecule has 0 aliphatic carbocycles. The van der Waals surface area contributed by atoms with Gasteiger partial charge in [0.15, 0.2) is 5.16 Å². The predicted octanol–water partition coefficient (Wildman–Crippen LogP) is 2.46. The number of nitrogens with two attached hydrogens (primary N) is 1. The summed E-state index contributed by atoms with van der Waals surface area (Å²) in [5.74, 6) is 0.910. The molecule has 0 saturated heterocycles. The second kappa shape index (κ2) is 5.77. The highest BCUT2D eigenvalue weighted by Gasteiger charge is 2.12. The summed E-state index contributed by atoms with van der Waals surface area (Å²) in [5, 5.41) is 9.13. The molecule has 2 N–H and O–H groups in total. The van der Waals surface area contributed by atoms with E-state index in [1.807, 2.05) is 18.5 Å². The molecule has 0 amide bonds. The van der Waals surface area contributed by atoms with Crippen LogP contribution in [-0.2, 0) is 13.6 Å². The summed E-state index contributed by atoms with van der Waals surface area (Å²) in [6, 6.07) is 6.23. The van der Waals surface area contributed by atoms with Crippen LogP contribution in [0.3, 0.4) is 0 Å². The highest BCUT2D eigenvalue weighted by Crippen LogP contribution is 2.33. The summed E-state index contributed by atoms with van der Waals surface area (Å²) in [7, 11) is 1.97. The van der Waals surface area contributed by atoms with Crippen molar-refractivity contribution in [2.24, 2.45) is 12.8 Å². The molecule has 6 heteroatoms. The molecule has 1 heterocycles. The molecule has 4 nitrogen and oxygen atoms in total. The summed E-state index contributed by atoms with van der Waals surface area (Å²) in [5.41, 5.74) is 7.03. The molecule has 2 aromatic rings. The Balaban J connectivity index is 2.37. The standard InChI is InChI=1S/C12H16N4S2/c1-8-14-15-12(16(8)2)18-11-6-4-5-10(17-3)9(11)7-13/h4-6H,7,13H2,1-3H3.